The molecule has 1 aliphatic rings. The Bertz CT molecular complexity index is 1110. The molecule has 1 aliphatic heterocycles. The monoisotopic (exact) mass is 423 g/mol. The first-order valence-electron chi connectivity index (χ1n) is 8.87. The van der Waals surface area contributed by atoms with Gasteiger partial charge in [0.05, 0.1) is 42.7 Å². The topological polar surface area (TPSA) is 121 Å². The average Bonchev–Trinajstić information content (AvgIpc) is 3.01. The van der Waals surface area contributed by atoms with Crippen molar-refractivity contribution < 1.29 is 28.7 Å². The van der Waals surface area contributed by atoms with Crippen LogP contribution >= 0.6 is 0 Å². The molecule has 31 heavy (non-hydrogen) atoms. The Morgan fingerprint density at radius 1 is 1.06 bits per heavy atom. The molecular weight excluding hydrogens is 406 g/mol. The van der Waals surface area contributed by atoms with Crippen LogP contribution in [-0.4, -0.2) is 36.1 Å². The maximum absolute atomic E-state index is 12.6. The molecule has 0 saturated heterocycles. The maximum atomic E-state index is 12.6. The second-order valence-corrected chi connectivity index (χ2v) is 6.05. The van der Waals surface area contributed by atoms with Crippen LogP contribution in [-0.2, 0) is 19.1 Å². The molecule has 10 heteroatoms. The quantitative estimate of drug-likeness (QED) is 0.391. The van der Waals surface area contributed by atoms with E-state index < -0.39 is 16.9 Å². The summed E-state index contributed by atoms with van der Waals surface area (Å²) >= 11 is 0. The summed E-state index contributed by atoms with van der Waals surface area (Å²) < 4.78 is 15.3. The van der Waals surface area contributed by atoms with E-state index >= 15 is 0 Å². The predicted octanol–water partition coefficient (Wildman–Crippen LogP) is 3.27. The van der Waals surface area contributed by atoms with Gasteiger partial charge >= 0.3 is 11.9 Å². The van der Waals surface area contributed by atoms with E-state index in [0.717, 1.165) is 7.11 Å². The minimum atomic E-state index is -0.835. The van der Waals surface area contributed by atoms with Gasteiger partial charge in [0.1, 0.15) is 17.2 Å². The van der Waals surface area contributed by atoms with Gasteiger partial charge in [0.2, 0.25) is 0 Å². The molecule has 0 aliphatic carbocycles. The van der Waals surface area contributed by atoms with Gasteiger partial charge in [-0.1, -0.05) is 6.08 Å². The lowest BCUT2D eigenvalue weighted by Gasteiger charge is -2.23. The van der Waals surface area contributed by atoms with Crippen LogP contribution in [0.3, 0.4) is 0 Å². The third-order valence-electron chi connectivity index (χ3n) is 4.12. The highest BCUT2D eigenvalue weighted by atomic mass is 16.6. The molecule has 2 aromatic rings. The van der Waals surface area contributed by atoms with Gasteiger partial charge in [-0.05, 0) is 24.3 Å². The molecule has 0 saturated carbocycles. The number of non-ortho nitro benzene ring substituents is 1. The first-order chi connectivity index (χ1) is 14.9. The number of carbonyl (C=O) groups is 2. The Morgan fingerprint density at radius 3 is 2.48 bits per heavy atom. The maximum Gasteiger partial charge on any atom is 0.355 e. The van der Waals surface area contributed by atoms with Crippen LogP contribution in [0.4, 0.5) is 11.4 Å². The number of rotatable bonds is 6. The van der Waals surface area contributed by atoms with Crippen molar-refractivity contribution in [2.45, 2.75) is 0 Å². The number of anilines is 1. The fraction of sp³-hybridized carbons (Fsp3) is 0.0952. The van der Waals surface area contributed by atoms with Crippen molar-refractivity contribution in [1.82, 2.24) is 4.98 Å². The summed E-state index contributed by atoms with van der Waals surface area (Å²) in [6, 6.07) is 7.24. The molecule has 2 heterocycles. The van der Waals surface area contributed by atoms with Gasteiger partial charge in [0.25, 0.3) is 5.69 Å². The number of ether oxygens (including phenoxy) is 3. The van der Waals surface area contributed by atoms with Crippen molar-refractivity contribution >= 4 is 23.3 Å². The number of nitrogens with zero attached hydrogens (tertiary/aromatic N) is 3. The van der Waals surface area contributed by atoms with Crippen LogP contribution in [0.2, 0.25) is 0 Å². The summed E-state index contributed by atoms with van der Waals surface area (Å²) in [4.78, 5) is 41.0. The lowest BCUT2D eigenvalue weighted by atomic mass is 10.1. The van der Waals surface area contributed by atoms with E-state index in [9.17, 15) is 19.7 Å². The Hall–Kier alpha value is -4.47. The van der Waals surface area contributed by atoms with Crippen LogP contribution in [0.15, 0.2) is 78.4 Å². The minimum absolute atomic E-state index is 0.0828. The molecule has 0 radical (unpaired) electrons. The van der Waals surface area contributed by atoms with E-state index in [1.54, 1.807) is 24.4 Å². The molecule has 0 fully saturated rings. The number of allylic oxidation sites excluding steroid dienone is 2. The third-order valence-corrected chi connectivity index (χ3v) is 4.12. The molecule has 158 valence electrons. The highest BCUT2D eigenvalue weighted by molar-refractivity contribution is 6.05. The molecule has 0 N–H and O–H groups in total. The summed E-state index contributed by atoms with van der Waals surface area (Å²) in [6.45, 7) is 0. The number of nitro benzene ring substituents is 1. The zero-order valence-electron chi connectivity index (χ0n) is 16.6. The summed E-state index contributed by atoms with van der Waals surface area (Å²) in [7, 11) is 2.33. The lowest BCUT2D eigenvalue weighted by Crippen LogP contribution is -2.27. The first-order valence-corrected chi connectivity index (χ1v) is 8.87. The highest BCUT2D eigenvalue weighted by Crippen LogP contribution is 2.34. The van der Waals surface area contributed by atoms with E-state index in [1.165, 1.54) is 54.8 Å². The number of nitro groups is 1. The summed E-state index contributed by atoms with van der Waals surface area (Å²) in [5.74, 6) is -1.12. The van der Waals surface area contributed by atoms with Crippen LogP contribution in [0.25, 0.3) is 0 Å². The molecule has 0 unspecified atom stereocenters. The van der Waals surface area contributed by atoms with Crippen molar-refractivity contribution in [3.8, 4) is 11.5 Å². The number of hydrogen-bond donors (Lipinski definition) is 0. The minimum Gasteiger partial charge on any atom is -0.465 e. The van der Waals surface area contributed by atoms with Gasteiger partial charge < -0.3 is 19.1 Å². The smallest absolute Gasteiger partial charge is 0.355 e. The van der Waals surface area contributed by atoms with Gasteiger partial charge in [-0.25, -0.2) is 9.59 Å². The Labute approximate surface area is 176 Å². The SMILES string of the molecule is COC(=O)C1=C(C(=O)OC)N(c2cc(Oc3cccnc3)cc([N+](=O)[O-])c2)C=CC=C1. The normalized spacial score (nSPS) is 12.9. The van der Waals surface area contributed by atoms with Crippen LogP contribution in [0.1, 0.15) is 0 Å². The van der Waals surface area contributed by atoms with Crippen molar-refractivity contribution in [3.05, 3.63) is 88.5 Å². The standard InChI is InChI=1S/C21H17N3O7/c1-29-20(25)18-7-3-4-9-23(19(18)21(26)30-2)14-10-15(24(27)28)12-17(11-14)31-16-6-5-8-22-13-16/h3-13H,1-2H3. The highest BCUT2D eigenvalue weighted by Gasteiger charge is 2.28. The van der Waals surface area contributed by atoms with E-state index in [4.69, 9.17) is 14.2 Å². The fourth-order valence-corrected chi connectivity index (χ4v) is 2.78. The molecule has 0 atom stereocenters. The zero-order chi connectivity index (χ0) is 22.4. The summed E-state index contributed by atoms with van der Waals surface area (Å²) in [6.07, 6.45) is 8.94. The Morgan fingerprint density at radius 2 is 1.84 bits per heavy atom. The van der Waals surface area contributed by atoms with E-state index in [-0.39, 0.29) is 28.4 Å². The van der Waals surface area contributed by atoms with Crippen LogP contribution < -0.4 is 9.64 Å². The van der Waals surface area contributed by atoms with Crippen LogP contribution in [0, 0.1) is 10.1 Å². The Balaban J connectivity index is 2.17. The van der Waals surface area contributed by atoms with E-state index in [1.807, 2.05) is 0 Å². The van der Waals surface area contributed by atoms with Gasteiger partial charge in [-0.3, -0.25) is 15.1 Å². The van der Waals surface area contributed by atoms with Gasteiger partial charge in [0.15, 0.2) is 0 Å². The second kappa shape index (κ2) is 9.35. The van der Waals surface area contributed by atoms with Gasteiger partial charge in [-0.15, -0.1) is 0 Å². The van der Waals surface area contributed by atoms with Crippen molar-refractivity contribution in [3.63, 3.8) is 0 Å². The number of pyridine rings is 1. The molecule has 1 aromatic heterocycles. The number of methoxy groups -OCH3 is 2. The predicted molar refractivity (Wildman–Crippen MR) is 109 cm³/mol. The van der Waals surface area contributed by atoms with Crippen LogP contribution in [0.5, 0.6) is 11.5 Å². The molecule has 0 bridgehead atoms. The number of carbonyl (C=O) groups excluding carboxylic acids is 2. The molecule has 10 nitrogen and oxygen atoms in total. The number of benzene rings is 1. The van der Waals surface area contributed by atoms with E-state index in [0.29, 0.717) is 5.75 Å². The summed E-state index contributed by atoms with van der Waals surface area (Å²) in [5, 5.41) is 11.5. The van der Waals surface area contributed by atoms with Crippen molar-refractivity contribution in [2.75, 3.05) is 19.1 Å². The number of aromatic nitrogens is 1. The first kappa shape index (κ1) is 21.2. The molecule has 1 aromatic carbocycles. The van der Waals surface area contributed by atoms with E-state index in [2.05, 4.69) is 4.98 Å². The third kappa shape index (κ3) is 4.75. The molecular formula is C21H17N3O7. The summed E-state index contributed by atoms with van der Waals surface area (Å²) in [5.41, 5.74) is -0.353. The van der Waals surface area contributed by atoms with Crippen molar-refractivity contribution in [1.29, 1.82) is 0 Å². The Kier molecular flexibility index (Phi) is 6.41. The number of hydrogen-bond acceptors (Lipinski definition) is 9. The average molecular weight is 423 g/mol. The van der Waals surface area contributed by atoms with Gasteiger partial charge in [0, 0.05) is 24.5 Å². The number of esters is 2. The fourth-order valence-electron chi connectivity index (χ4n) is 2.78. The lowest BCUT2D eigenvalue weighted by molar-refractivity contribution is -0.384. The molecule has 3 rings (SSSR count). The molecule has 0 amide bonds. The largest absolute Gasteiger partial charge is 0.465 e. The zero-order valence-corrected chi connectivity index (χ0v) is 16.6. The second-order valence-electron chi connectivity index (χ2n) is 6.05. The van der Waals surface area contributed by atoms with Gasteiger partial charge in [-0.2, -0.15) is 0 Å². The molecule has 0 spiro atoms. The van der Waals surface area contributed by atoms with Crippen molar-refractivity contribution in [2.24, 2.45) is 0 Å².